The van der Waals surface area contributed by atoms with E-state index in [9.17, 15) is 4.79 Å². The molecule has 0 fully saturated rings. The van der Waals surface area contributed by atoms with Gasteiger partial charge in [0, 0.05) is 5.54 Å². The molecule has 0 aromatic heterocycles. The summed E-state index contributed by atoms with van der Waals surface area (Å²) in [5.74, 6) is -1.21. The SMILES string of the molecule is O=C(O)C(Cl)=CCl.[GaH3]. The molecule has 0 amide bonds. The zero-order valence-corrected chi connectivity index (χ0v) is 4.70. The van der Waals surface area contributed by atoms with Crippen LogP contribution in [0.1, 0.15) is 0 Å². The number of carbonyl (C=O) groups is 1. The Morgan fingerprint density at radius 2 is 2.00 bits per heavy atom. The summed E-state index contributed by atoms with van der Waals surface area (Å²) in [6.45, 7) is 0. The van der Waals surface area contributed by atoms with Crippen molar-refractivity contribution in [3.63, 3.8) is 0 Å². The van der Waals surface area contributed by atoms with Crippen molar-refractivity contribution < 1.29 is 9.90 Å². The van der Waals surface area contributed by atoms with Crippen LogP contribution in [0.3, 0.4) is 0 Å². The molecule has 0 rings (SSSR count). The van der Waals surface area contributed by atoms with Gasteiger partial charge in [0.05, 0.1) is 0 Å². The van der Waals surface area contributed by atoms with Crippen molar-refractivity contribution in [2.45, 2.75) is 0 Å². The number of carboxylic acids is 1. The monoisotopic (exact) mass is 212 g/mol. The quantitative estimate of drug-likeness (QED) is 0.500. The van der Waals surface area contributed by atoms with Gasteiger partial charge < -0.3 is 5.11 Å². The third-order valence-electron chi connectivity index (χ3n) is 0.300. The molecule has 0 aromatic rings. The molecule has 0 heterocycles. The van der Waals surface area contributed by atoms with Crippen LogP contribution in [0, 0.1) is 0 Å². The predicted octanol–water partition coefficient (Wildman–Crippen LogP) is 0.206. The third-order valence-corrected chi connectivity index (χ3v) is 0.901. The summed E-state index contributed by atoms with van der Waals surface area (Å²) >= 11 is 9.80. The van der Waals surface area contributed by atoms with Crippen LogP contribution in [0.25, 0.3) is 0 Å². The van der Waals surface area contributed by atoms with Gasteiger partial charge in [-0.3, -0.25) is 0 Å². The molecule has 5 heteroatoms. The van der Waals surface area contributed by atoms with E-state index in [-0.39, 0.29) is 24.8 Å². The number of carboxylic acid groups (broad SMARTS) is 1. The number of hydrogen-bond donors (Lipinski definition) is 1. The van der Waals surface area contributed by atoms with E-state index in [1.807, 2.05) is 0 Å². The summed E-state index contributed by atoms with van der Waals surface area (Å²) in [5, 5.41) is 7.52. The summed E-state index contributed by atoms with van der Waals surface area (Å²) in [4.78, 5) is 9.65. The number of aliphatic carboxylic acids is 1. The van der Waals surface area contributed by atoms with Crippen molar-refractivity contribution in [1.29, 1.82) is 0 Å². The molecular formula is C3H5Cl2GaO2. The van der Waals surface area contributed by atoms with Crippen molar-refractivity contribution >= 4 is 49.0 Å². The van der Waals surface area contributed by atoms with Crippen molar-refractivity contribution in [1.82, 2.24) is 0 Å². The topological polar surface area (TPSA) is 37.3 Å². The molecule has 8 heavy (non-hydrogen) atoms. The Morgan fingerprint density at radius 1 is 1.62 bits per heavy atom. The predicted molar refractivity (Wildman–Crippen MR) is 37.4 cm³/mol. The standard InChI is InChI=1S/C3H2Cl2O2.Ga.3H/c4-1-2(5)3(6)7;;;;/h1H,(H,6,7);;;;. The van der Waals surface area contributed by atoms with E-state index < -0.39 is 5.97 Å². The first kappa shape index (κ1) is 11.3. The van der Waals surface area contributed by atoms with Gasteiger partial charge in [-0.05, 0) is 0 Å². The molecular weight excluding hydrogens is 209 g/mol. The van der Waals surface area contributed by atoms with Crippen molar-refractivity contribution in [2.24, 2.45) is 0 Å². The second-order valence-corrected chi connectivity index (χ2v) is 1.39. The summed E-state index contributed by atoms with van der Waals surface area (Å²) in [5.41, 5.74) is 0.796. The van der Waals surface area contributed by atoms with E-state index >= 15 is 0 Å². The van der Waals surface area contributed by atoms with Crippen LogP contribution in [0.15, 0.2) is 10.6 Å². The van der Waals surface area contributed by atoms with E-state index in [1.54, 1.807) is 0 Å². The van der Waals surface area contributed by atoms with Gasteiger partial charge in [-0.25, -0.2) is 4.79 Å². The fraction of sp³-hybridized carbons (Fsp3) is 0. The van der Waals surface area contributed by atoms with Gasteiger partial charge in [0.25, 0.3) is 0 Å². The Bertz CT molecular complexity index is 112. The van der Waals surface area contributed by atoms with Gasteiger partial charge in [0.1, 0.15) is 5.03 Å². The Hall–Kier alpha value is 0.426. The number of rotatable bonds is 1. The van der Waals surface area contributed by atoms with Gasteiger partial charge in [0.15, 0.2) is 0 Å². The maximum absolute atomic E-state index is 9.65. The van der Waals surface area contributed by atoms with Gasteiger partial charge in [0.2, 0.25) is 0 Å². The molecule has 0 aromatic carbocycles. The van der Waals surface area contributed by atoms with Crippen molar-refractivity contribution in [3.8, 4) is 0 Å². The van der Waals surface area contributed by atoms with Crippen LogP contribution < -0.4 is 0 Å². The molecule has 0 aliphatic rings. The Balaban J connectivity index is 0. The van der Waals surface area contributed by atoms with E-state index in [0.717, 1.165) is 5.54 Å². The van der Waals surface area contributed by atoms with Gasteiger partial charge >= 0.3 is 25.8 Å². The van der Waals surface area contributed by atoms with Crippen LogP contribution in [0.2, 0.25) is 0 Å². The molecule has 1 N–H and O–H groups in total. The summed E-state index contributed by atoms with van der Waals surface area (Å²) in [6.07, 6.45) is 0. The Labute approximate surface area is 69.5 Å². The second kappa shape index (κ2) is 5.56. The first-order valence-electron chi connectivity index (χ1n) is 1.37. The van der Waals surface area contributed by atoms with Crippen molar-refractivity contribution in [2.75, 3.05) is 0 Å². The molecule has 0 atom stereocenters. The number of halogens is 2. The molecule has 0 aliphatic carbocycles. The molecule has 46 valence electrons. The van der Waals surface area contributed by atoms with Crippen LogP contribution in [0.5, 0.6) is 0 Å². The summed E-state index contributed by atoms with van der Waals surface area (Å²) < 4.78 is 0. The van der Waals surface area contributed by atoms with Crippen LogP contribution >= 0.6 is 23.2 Å². The van der Waals surface area contributed by atoms with Gasteiger partial charge in [-0.15, -0.1) is 0 Å². The van der Waals surface area contributed by atoms with E-state index in [1.165, 1.54) is 0 Å². The zero-order valence-electron chi connectivity index (χ0n) is 3.19. The summed E-state index contributed by atoms with van der Waals surface area (Å²) in [7, 11) is 0. The summed E-state index contributed by atoms with van der Waals surface area (Å²) in [6, 6.07) is 0. The average molecular weight is 214 g/mol. The maximum atomic E-state index is 9.65. The third kappa shape index (κ3) is 4.58. The molecule has 0 radical (unpaired) electrons. The Morgan fingerprint density at radius 3 is 2.00 bits per heavy atom. The molecule has 0 unspecified atom stereocenters. The van der Waals surface area contributed by atoms with Gasteiger partial charge in [-0.2, -0.15) is 0 Å². The van der Waals surface area contributed by atoms with E-state index in [2.05, 4.69) is 0 Å². The van der Waals surface area contributed by atoms with Crippen molar-refractivity contribution in [3.05, 3.63) is 10.6 Å². The molecule has 0 saturated heterocycles. The molecule has 2 nitrogen and oxygen atoms in total. The average Bonchev–Trinajstić information content (AvgIpc) is 1.65. The minimum absolute atomic E-state index is 0. The molecule has 0 spiro atoms. The Kier molecular flexibility index (Phi) is 7.82. The van der Waals surface area contributed by atoms with Crippen LogP contribution in [0.4, 0.5) is 0 Å². The molecule has 0 aliphatic heterocycles. The van der Waals surface area contributed by atoms with Crippen LogP contribution in [-0.2, 0) is 4.79 Å². The number of hydrogen-bond acceptors (Lipinski definition) is 1. The molecule has 0 saturated carbocycles. The van der Waals surface area contributed by atoms with E-state index in [0.29, 0.717) is 0 Å². The fourth-order valence-electron chi connectivity index (χ4n) is 0.0467. The molecule has 0 bridgehead atoms. The zero-order chi connectivity index (χ0) is 5.86. The minimum atomic E-state index is -1.21. The van der Waals surface area contributed by atoms with Crippen LogP contribution in [-0.4, -0.2) is 30.9 Å². The first-order valence-corrected chi connectivity index (χ1v) is 2.19. The normalized spacial score (nSPS) is 10.0. The first-order chi connectivity index (χ1) is 3.18. The van der Waals surface area contributed by atoms with E-state index in [4.69, 9.17) is 28.3 Å². The fourth-order valence-corrected chi connectivity index (χ4v) is 0.140. The van der Waals surface area contributed by atoms with Gasteiger partial charge in [-0.1, -0.05) is 23.2 Å². The second-order valence-electron chi connectivity index (χ2n) is 0.762.